The Morgan fingerprint density at radius 2 is 2.12 bits per heavy atom. The van der Waals surface area contributed by atoms with E-state index in [0.29, 0.717) is 16.9 Å². The van der Waals surface area contributed by atoms with Crippen LogP contribution in [0.1, 0.15) is 37.4 Å². The zero-order valence-corrected chi connectivity index (χ0v) is 16.3. The van der Waals surface area contributed by atoms with E-state index in [9.17, 15) is 12.8 Å². The minimum Gasteiger partial charge on any atom is -0.268 e. The highest BCUT2D eigenvalue weighted by Crippen LogP contribution is 2.44. The van der Waals surface area contributed by atoms with Crippen molar-refractivity contribution in [3.63, 3.8) is 0 Å². The number of benzene rings is 1. The molecule has 0 saturated heterocycles. The van der Waals surface area contributed by atoms with Crippen LogP contribution in [-0.4, -0.2) is 26.0 Å². The number of likely N-dealkylation sites (N-methyl/N-ethyl adjacent to an activating group) is 1. The van der Waals surface area contributed by atoms with Crippen molar-refractivity contribution in [2.45, 2.75) is 33.2 Å². The molecule has 7 heteroatoms. The summed E-state index contributed by atoms with van der Waals surface area (Å²) in [6.45, 7) is 9.37. The van der Waals surface area contributed by atoms with Gasteiger partial charge in [-0.2, -0.15) is 12.7 Å². The van der Waals surface area contributed by atoms with Crippen LogP contribution in [0.25, 0.3) is 0 Å². The van der Waals surface area contributed by atoms with Gasteiger partial charge in [-0.05, 0) is 37.5 Å². The van der Waals surface area contributed by atoms with Crippen LogP contribution in [-0.2, 0) is 10.2 Å². The molecule has 140 valence electrons. The van der Waals surface area contributed by atoms with E-state index in [1.807, 2.05) is 26.0 Å². The average Bonchev–Trinajstić information content (AvgIpc) is 2.60. The number of aliphatic imine (C=N–C) groups is 1. The largest absolute Gasteiger partial charge is 0.302 e. The van der Waals surface area contributed by atoms with Crippen molar-refractivity contribution in [2.24, 2.45) is 4.99 Å². The zero-order chi connectivity index (χ0) is 19.5. The molecule has 0 aromatic heterocycles. The highest BCUT2D eigenvalue weighted by molar-refractivity contribution is 7.90. The highest BCUT2D eigenvalue weighted by atomic mass is 32.2. The molecule has 1 aromatic rings. The second-order valence-electron chi connectivity index (χ2n) is 6.02. The van der Waals surface area contributed by atoms with Crippen LogP contribution >= 0.6 is 0 Å². The normalized spacial score (nSPS) is 20.3. The Labute approximate surface area is 154 Å². The Morgan fingerprint density at radius 3 is 2.73 bits per heavy atom. The van der Waals surface area contributed by atoms with E-state index in [2.05, 4.69) is 16.3 Å². The summed E-state index contributed by atoms with van der Waals surface area (Å²) >= 11 is 0. The fourth-order valence-electron chi connectivity index (χ4n) is 2.74. The lowest BCUT2D eigenvalue weighted by Gasteiger charge is -2.35. The number of aryl methyl sites for hydroxylation is 1. The van der Waals surface area contributed by atoms with Gasteiger partial charge in [0.2, 0.25) is 0 Å². The van der Waals surface area contributed by atoms with E-state index in [4.69, 9.17) is 0 Å². The first-order valence-corrected chi connectivity index (χ1v) is 9.77. The molecule has 1 atom stereocenters. The third kappa shape index (κ3) is 3.94. The highest BCUT2D eigenvalue weighted by Gasteiger charge is 2.37. The Kier molecular flexibility index (Phi) is 6.15. The van der Waals surface area contributed by atoms with Crippen molar-refractivity contribution in [3.8, 4) is 0 Å². The first kappa shape index (κ1) is 20.1. The van der Waals surface area contributed by atoms with Crippen LogP contribution < -0.4 is 4.72 Å². The average molecular weight is 377 g/mol. The van der Waals surface area contributed by atoms with Crippen LogP contribution in [0.15, 0.2) is 53.3 Å². The minimum absolute atomic E-state index is 0.414. The maximum absolute atomic E-state index is 13.4. The predicted octanol–water partition coefficient (Wildman–Crippen LogP) is 4.74. The summed E-state index contributed by atoms with van der Waals surface area (Å²) < 4.78 is 42.4. The van der Waals surface area contributed by atoms with Crippen molar-refractivity contribution in [1.82, 2.24) is 4.31 Å². The topological polar surface area (TPSA) is 61.8 Å². The molecule has 2 rings (SSSR count). The third-order valence-electron chi connectivity index (χ3n) is 4.17. The molecule has 0 saturated carbocycles. The van der Waals surface area contributed by atoms with Gasteiger partial charge >= 0.3 is 10.2 Å². The van der Waals surface area contributed by atoms with Gasteiger partial charge in [-0.1, -0.05) is 37.8 Å². The molecule has 0 spiro atoms. The molecule has 26 heavy (non-hydrogen) atoms. The molecule has 1 aliphatic rings. The Hall–Kier alpha value is -2.25. The van der Waals surface area contributed by atoms with Crippen LogP contribution in [0.4, 0.5) is 15.8 Å². The molecule has 1 aliphatic heterocycles. The van der Waals surface area contributed by atoms with Gasteiger partial charge in [0.25, 0.3) is 0 Å². The summed E-state index contributed by atoms with van der Waals surface area (Å²) in [5.41, 5.74) is 3.08. The van der Waals surface area contributed by atoms with Crippen LogP contribution in [0.3, 0.4) is 0 Å². The van der Waals surface area contributed by atoms with E-state index in [1.54, 1.807) is 13.1 Å². The molecular formula is C19H24FN3O2S. The van der Waals surface area contributed by atoms with Gasteiger partial charge < -0.3 is 0 Å². The van der Waals surface area contributed by atoms with Crippen molar-refractivity contribution in [1.29, 1.82) is 0 Å². The molecule has 0 fully saturated rings. The number of nitrogens with zero attached hydrogens (tertiary/aromatic N) is 2. The summed E-state index contributed by atoms with van der Waals surface area (Å²) in [5, 5.41) is 0. The zero-order valence-electron chi connectivity index (χ0n) is 15.5. The predicted molar refractivity (Wildman–Crippen MR) is 106 cm³/mol. The lowest BCUT2D eigenvalue weighted by Crippen LogP contribution is -2.40. The number of fused-ring (bicyclic) bond motifs is 1. The minimum atomic E-state index is -3.77. The second-order valence-corrected chi connectivity index (χ2v) is 7.75. The van der Waals surface area contributed by atoms with Crippen LogP contribution in [0.2, 0.25) is 0 Å². The van der Waals surface area contributed by atoms with Gasteiger partial charge in [0, 0.05) is 18.8 Å². The number of nitrogens with one attached hydrogen (secondary N) is 1. The summed E-state index contributed by atoms with van der Waals surface area (Å²) in [5.74, 6) is -0.414. The van der Waals surface area contributed by atoms with Gasteiger partial charge in [-0.25, -0.2) is 4.39 Å². The smallest absolute Gasteiger partial charge is 0.268 e. The maximum Gasteiger partial charge on any atom is 0.302 e. The molecule has 0 radical (unpaired) electrons. The van der Waals surface area contributed by atoms with Gasteiger partial charge in [0.1, 0.15) is 5.83 Å². The van der Waals surface area contributed by atoms with Crippen LogP contribution in [0.5, 0.6) is 0 Å². The molecule has 1 aromatic carbocycles. The van der Waals surface area contributed by atoms with Crippen LogP contribution in [0, 0.1) is 6.92 Å². The Morgan fingerprint density at radius 1 is 1.42 bits per heavy atom. The lowest BCUT2D eigenvalue weighted by atomic mass is 9.95. The first-order valence-electron chi connectivity index (χ1n) is 8.33. The molecule has 1 heterocycles. The van der Waals surface area contributed by atoms with E-state index < -0.39 is 22.1 Å². The molecule has 0 aliphatic carbocycles. The number of rotatable bonds is 5. The maximum atomic E-state index is 13.4. The van der Waals surface area contributed by atoms with Crippen molar-refractivity contribution in [3.05, 3.63) is 59.5 Å². The van der Waals surface area contributed by atoms with Gasteiger partial charge in [0.15, 0.2) is 0 Å². The molecule has 0 bridgehead atoms. The SMILES string of the molecule is C=C(/C=C\C(F)=C/C)C1c2ccc(C)c(N=CCC)c2NS(=O)(=O)N1C. The summed E-state index contributed by atoms with van der Waals surface area (Å²) in [7, 11) is -2.30. The van der Waals surface area contributed by atoms with Gasteiger partial charge in [-0.3, -0.25) is 9.71 Å². The van der Waals surface area contributed by atoms with Gasteiger partial charge in [-0.15, -0.1) is 0 Å². The van der Waals surface area contributed by atoms with Crippen molar-refractivity contribution < 1.29 is 12.8 Å². The summed E-state index contributed by atoms with van der Waals surface area (Å²) in [6.07, 6.45) is 6.56. The monoisotopic (exact) mass is 377 g/mol. The fourth-order valence-corrected chi connectivity index (χ4v) is 3.88. The number of anilines is 1. The number of halogens is 1. The van der Waals surface area contributed by atoms with E-state index in [1.165, 1.54) is 29.6 Å². The van der Waals surface area contributed by atoms with Gasteiger partial charge in [0.05, 0.1) is 17.4 Å². The number of hydrogen-bond donors (Lipinski definition) is 1. The van der Waals surface area contributed by atoms with E-state index in [-0.39, 0.29) is 0 Å². The van der Waals surface area contributed by atoms with E-state index in [0.717, 1.165) is 17.5 Å². The standard InChI is InChI=1S/C19H24FN3O2S/c1-6-12-21-17-13(3)9-11-16-18(17)22-26(24,25)23(5)19(16)14(4)8-10-15(20)7-2/h7-12,19,22H,4,6H2,1-3,5H3/b10-8-,15-7+,21-12?. The Bertz CT molecular complexity index is 902. The second kappa shape index (κ2) is 7.97. The molecule has 1 unspecified atom stereocenters. The lowest BCUT2D eigenvalue weighted by molar-refractivity contribution is 0.416. The molecule has 1 N–H and O–H groups in total. The molecule has 5 nitrogen and oxygen atoms in total. The fraction of sp³-hybridized carbons (Fsp3) is 0.316. The summed E-state index contributed by atoms with van der Waals surface area (Å²) in [6, 6.07) is 3.10. The number of allylic oxidation sites excluding steroid dienone is 3. The van der Waals surface area contributed by atoms with Crippen molar-refractivity contribution in [2.75, 3.05) is 11.8 Å². The molecule has 0 amide bonds. The van der Waals surface area contributed by atoms with E-state index >= 15 is 0 Å². The summed E-state index contributed by atoms with van der Waals surface area (Å²) in [4.78, 5) is 4.42. The Balaban J connectivity index is 2.63. The quantitative estimate of drug-likeness (QED) is 0.595. The first-order chi connectivity index (χ1) is 12.2. The third-order valence-corrected chi connectivity index (χ3v) is 5.60. The number of hydrogen-bond acceptors (Lipinski definition) is 3. The van der Waals surface area contributed by atoms with Crippen molar-refractivity contribution >= 4 is 27.8 Å². The molecular weight excluding hydrogens is 353 g/mol.